The van der Waals surface area contributed by atoms with Crippen LogP contribution in [0.4, 0.5) is 5.69 Å². The first-order chi connectivity index (χ1) is 13.7. The van der Waals surface area contributed by atoms with Crippen LogP contribution in [0.5, 0.6) is 0 Å². The fourth-order valence-electron chi connectivity index (χ4n) is 3.95. The van der Waals surface area contributed by atoms with Crippen molar-refractivity contribution in [2.24, 2.45) is 4.74 Å². The molecule has 1 N–H and O–H groups in total. The molecule has 1 aliphatic heterocycles. The molecule has 0 spiro atoms. The zero-order valence-electron chi connectivity index (χ0n) is 18.1. The molecule has 0 amide bonds. The van der Waals surface area contributed by atoms with E-state index in [1.165, 1.54) is 16.4 Å². The average Bonchev–Trinajstić information content (AvgIpc) is 2.69. The molecule has 156 valence electrons. The molecule has 0 radical (unpaired) electrons. The van der Waals surface area contributed by atoms with Gasteiger partial charge >= 0.3 is 0 Å². The van der Waals surface area contributed by atoms with E-state index >= 15 is 0 Å². The van der Waals surface area contributed by atoms with E-state index in [9.17, 15) is 0 Å². The van der Waals surface area contributed by atoms with Crippen LogP contribution in [0.2, 0.25) is 0 Å². The second-order valence-electron chi connectivity index (χ2n) is 8.52. The number of aryl methyl sites for hydroxylation is 2. The van der Waals surface area contributed by atoms with Gasteiger partial charge in [0.25, 0.3) is 0 Å². The topological polar surface area (TPSA) is 36.9 Å². The van der Waals surface area contributed by atoms with E-state index in [0.29, 0.717) is 5.11 Å². The quantitative estimate of drug-likeness (QED) is 0.511. The van der Waals surface area contributed by atoms with Crippen LogP contribution in [0.3, 0.4) is 0 Å². The van der Waals surface area contributed by atoms with Gasteiger partial charge in [0, 0.05) is 29.2 Å². The Hall–Kier alpha value is -1.52. The number of nitrogens with zero attached hydrogens (tertiary/aromatic N) is 2. The maximum absolute atomic E-state index is 5.81. The van der Waals surface area contributed by atoms with E-state index in [1.54, 1.807) is 0 Å². The van der Waals surface area contributed by atoms with E-state index in [1.807, 2.05) is 0 Å². The van der Waals surface area contributed by atoms with Crippen molar-refractivity contribution < 1.29 is 4.74 Å². The summed E-state index contributed by atoms with van der Waals surface area (Å²) in [5.74, 6) is 0. The maximum atomic E-state index is 5.81. The highest BCUT2D eigenvalue weighted by Crippen LogP contribution is 2.62. The Balaban J connectivity index is 2.11. The Kier molecular flexibility index (Phi) is 6.95. The number of anilines is 1. The lowest BCUT2D eigenvalue weighted by molar-refractivity contribution is 0.0738. The van der Waals surface area contributed by atoms with Crippen LogP contribution in [0.1, 0.15) is 31.9 Å². The molecule has 2 aromatic rings. The van der Waals surface area contributed by atoms with Gasteiger partial charge in [0.15, 0.2) is 5.11 Å². The first kappa shape index (κ1) is 22.2. The summed E-state index contributed by atoms with van der Waals surface area (Å²) >= 11 is 5.81. The van der Waals surface area contributed by atoms with E-state index in [2.05, 4.69) is 93.1 Å². The zero-order valence-corrected chi connectivity index (χ0v) is 19.8. The number of thiocarbonyl (C=S) groups is 1. The standard InChI is InChI=1S/C23H32N3OPS/c1-18-11-12-21(19(2)17-18)24-22(29)25-28(23(3,4)5,20-9-7-6-8-10-20)26-13-15-27-16-14-26/h6-12,17H,13-16H2,1-5H3,(H,24,29). The van der Waals surface area contributed by atoms with Crippen LogP contribution >= 0.6 is 19.4 Å². The minimum Gasteiger partial charge on any atom is -0.379 e. The Labute approximate surface area is 180 Å². The summed E-state index contributed by atoms with van der Waals surface area (Å²) in [6, 6.07) is 17.0. The monoisotopic (exact) mass is 429 g/mol. The highest BCUT2D eigenvalue weighted by molar-refractivity contribution is 7.82. The van der Waals surface area contributed by atoms with Gasteiger partial charge in [0.05, 0.1) is 20.4 Å². The predicted molar refractivity (Wildman–Crippen MR) is 130 cm³/mol. The summed E-state index contributed by atoms with van der Waals surface area (Å²) in [4.78, 5) is 0. The van der Waals surface area contributed by atoms with Gasteiger partial charge in [-0.25, -0.2) is 4.74 Å². The summed E-state index contributed by atoms with van der Waals surface area (Å²) in [6.07, 6.45) is 0. The molecule has 29 heavy (non-hydrogen) atoms. The molecule has 1 aliphatic rings. The fourth-order valence-corrected chi connectivity index (χ4v) is 8.55. The van der Waals surface area contributed by atoms with Crippen molar-refractivity contribution in [1.82, 2.24) is 4.67 Å². The molecule has 0 aliphatic carbocycles. The largest absolute Gasteiger partial charge is 0.379 e. The molecule has 6 heteroatoms. The van der Waals surface area contributed by atoms with Crippen molar-refractivity contribution in [2.75, 3.05) is 31.6 Å². The molecule has 0 bridgehead atoms. The summed E-state index contributed by atoms with van der Waals surface area (Å²) in [5.41, 5.74) is 3.43. The Morgan fingerprint density at radius 2 is 1.72 bits per heavy atom. The summed E-state index contributed by atoms with van der Waals surface area (Å²) in [5, 5.41) is 5.15. The zero-order chi connectivity index (χ0) is 21.1. The number of ether oxygens (including phenoxy) is 1. The van der Waals surface area contributed by atoms with Gasteiger partial charge in [0.1, 0.15) is 0 Å². The lowest BCUT2D eigenvalue weighted by Crippen LogP contribution is -2.43. The first-order valence-electron chi connectivity index (χ1n) is 10.1. The van der Waals surface area contributed by atoms with Gasteiger partial charge in [-0.15, -0.1) is 0 Å². The Morgan fingerprint density at radius 1 is 1.07 bits per heavy atom. The van der Waals surface area contributed by atoms with Crippen molar-refractivity contribution in [2.45, 2.75) is 39.8 Å². The normalized spacial score (nSPS) is 17.4. The van der Waals surface area contributed by atoms with Crippen molar-refractivity contribution in [3.8, 4) is 0 Å². The molecule has 1 fully saturated rings. The maximum Gasteiger partial charge on any atom is 0.197 e. The van der Waals surface area contributed by atoms with Gasteiger partial charge in [0.2, 0.25) is 0 Å². The Morgan fingerprint density at radius 3 is 2.31 bits per heavy atom. The van der Waals surface area contributed by atoms with Gasteiger partial charge < -0.3 is 10.1 Å². The number of hydrogen-bond acceptors (Lipinski definition) is 2. The summed E-state index contributed by atoms with van der Waals surface area (Å²) < 4.78 is 13.5. The highest BCUT2D eigenvalue weighted by atomic mass is 32.1. The molecule has 4 nitrogen and oxygen atoms in total. The van der Waals surface area contributed by atoms with Crippen LogP contribution in [0, 0.1) is 13.8 Å². The summed E-state index contributed by atoms with van der Waals surface area (Å²) in [7, 11) is -2.15. The second kappa shape index (κ2) is 9.09. The Bertz CT molecular complexity index is 915. The molecular formula is C23H32N3OPS. The minimum absolute atomic E-state index is 0.0697. The first-order valence-corrected chi connectivity index (χ1v) is 12.2. The fraction of sp³-hybridized carbons (Fsp3) is 0.435. The third-order valence-electron chi connectivity index (χ3n) is 5.31. The van der Waals surface area contributed by atoms with Crippen LogP contribution in [-0.4, -0.2) is 41.2 Å². The van der Waals surface area contributed by atoms with Crippen LogP contribution in [0.25, 0.3) is 0 Å². The highest BCUT2D eigenvalue weighted by Gasteiger charge is 2.42. The lowest BCUT2D eigenvalue weighted by atomic mass is 10.1. The van der Waals surface area contributed by atoms with Crippen molar-refractivity contribution >= 4 is 35.5 Å². The minimum atomic E-state index is -2.15. The molecule has 1 atom stereocenters. The van der Waals surface area contributed by atoms with Gasteiger partial charge in [-0.05, 0) is 37.7 Å². The van der Waals surface area contributed by atoms with Crippen LogP contribution in [0.15, 0.2) is 53.3 Å². The van der Waals surface area contributed by atoms with Gasteiger partial charge in [-0.3, -0.25) is 4.67 Å². The third-order valence-corrected chi connectivity index (χ3v) is 10.2. The molecule has 2 aromatic carbocycles. The van der Waals surface area contributed by atoms with E-state index in [0.717, 1.165) is 32.0 Å². The summed E-state index contributed by atoms with van der Waals surface area (Å²) in [6.45, 7) is 14.3. The average molecular weight is 430 g/mol. The number of benzene rings is 2. The van der Waals surface area contributed by atoms with Crippen molar-refractivity contribution in [3.05, 3.63) is 59.7 Å². The molecule has 1 heterocycles. The number of rotatable bonds is 3. The number of hydrogen-bond donors (Lipinski definition) is 1. The molecule has 3 rings (SSSR count). The third kappa shape index (κ3) is 4.80. The van der Waals surface area contributed by atoms with E-state index in [4.69, 9.17) is 21.7 Å². The van der Waals surface area contributed by atoms with Crippen LogP contribution in [-0.2, 0) is 4.74 Å². The SMILES string of the molecule is Cc1ccc(NC(=S)N=P(c2ccccc2)(N2CCOCC2)C(C)(C)C)c(C)c1. The van der Waals surface area contributed by atoms with Crippen molar-refractivity contribution in [3.63, 3.8) is 0 Å². The number of morpholine rings is 1. The van der Waals surface area contributed by atoms with E-state index < -0.39 is 7.21 Å². The number of nitrogens with one attached hydrogen (secondary N) is 1. The van der Waals surface area contributed by atoms with Crippen molar-refractivity contribution in [1.29, 1.82) is 0 Å². The molecule has 0 aromatic heterocycles. The smallest absolute Gasteiger partial charge is 0.197 e. The van der Waals surface area contributed by atoms with Gasteiger partial charge in [-0.2, -0.15) is 0 Å². The lowest BCUT2D eigenvalue weighted by Gasteiger charge is -2.46. The molecule has 0 saturated carbocycles. The van der Waals surface area contributed by atoms with Crippen LogP contribution < -0.4 is 10.6 Å². The van der Waals surface area contributed by atoms with E-state index in [-0.39, 0.29) is 5.16 Å². The second-order valence-corrected chi connectivity index (χ2v) is 12.7. The molecule has 1 saturated heterocycles. The molecule has 1 unspecified atom stereocenters. The van der Waals surface area contributed by atoms with Gasteiger partial charge in [-0.1, -0.05) is 68.8 Å². The predicted octanol–water partition coefficient (Wildman–Crippen LogP) is 5.57. The molecular weight excluding hydrogens is 397 g/mol.